The van der Waals surface area contributed by atoms with E-state index in [2.05, 4.69) is 21.2 Å². The first-order valence-electron chi connectivity index (χ1n) is 11.8. The number of rotatable bonds is 9. The van der Waals surface area contributed by atoms with Crippen molar-refractivity contribution in [3.8, 4) is 0 Å². The zero-order valence-corrected chi connectivity index (χ0v) is 23.2. The van der Waals surface area contributed by atoms with Crippen molar-refractivity contribution in [2.75, 3.05) is 17.1 Å². The second-order valence-electron chi connectivity index (χ2n) is 9.38. The van der Waals surface area contributed by atoms with Gasteiger partial charge >= 0.3 is 0 Å². The number of hydrogen-bond donors (Lipinski definition) is 1. The quantitative estimate of drug-likeness (QED) is 0.492. The SMILES string of the molecule is Cc1ccc(N(CC(=O)N(Cc2cccc(Br)c2)[C@@H](C)C(=O)NC2CCCC2)S(C)(=O)=O)c(C)c1. The van der Waals surface area contributed by atoms with E-state index in [1.165, 1.54) is 4.90 Å². The molecule has 0 bridgehead atoms. The fourth-order valence-corrected chi connectivity index (χ4v) is 5.84. The number of carbonyl (C=O) groups is 2. The van der Waals surface area contributed by atoms with Crippen LogP contribution in [0, 0.1) is 13.8 Å². The third-order valence-electron chi connectivity index (χ3n) is 6.41. The lowest BCUT2D eigenvalue weighted by Gasteiger charge is -2.32. The molecule has 2 aromatic carbocycles. The number of nitrogens with zero attached hydrogens (tertiary/aromatic N) is 2. The summed E-state index contributed by atoms with van der Waals surface area (Å²) in [5.74, 6) is -0.665. The molecule has 2 aromatic rings. The van der Waals surface area contributed by atoms with Crippen LogP contribution in [-0.2, 0) is 26.2 Å². The van der Waals surface area contributed by atoms with Crippen LogP contribution in [0.2, 0.25) is 0 Å². The van der Waals surface area contributed by atoms with Crippen LogP contribution < -0.4 is 9.62 Å². The maximum atomic E-state index is 13.7. The Bertz CT molecular complexity index is 1180. The van der Waals surface area contributed by atoms with Crippen LogP contribution in [0.15, 0.2) is 46.9 Å². The van der Waals surface area contributed by atoms with E-state index in [9.17, 15) is 18.0 Å². The summed E-state index contributed by atoms with van der Waals surface area (Å²) in [4.78, 5) is 28.2. The van der Waals surface area contributed by atoms with Gasteiger partial charge in [-0.1, -0.05) is 58.6 Å². The van der Waals surface area contributed by atoms with E-state index in [1.807, 2.05) is 50.2 Å². The molecule has 0 radical (unpaired) electrons. The summed E-state index contributed by atoms with van der Waals surface area (Å²) in [6, 6.07) is 12.3. The first kappa shape index (κ1) is 27.2. The predicted octanol–water partition coefficient (Wildman–Crippen LogP) is 4.31. The molecule has 35 heavy (non-hydrogen) atoms. The van der Waals surface area contributed by atoms with Crippen LogP contribution >= 0.6 is 15.9 Å². The molecule has 3 rings (SSSR count). The fourth-order valence-electron chi connectivity index (χ4n) is 4.49. The number of carbonyl (C=O) groups excluding carboxylic acids is 2. The summed E-state index contributed by atoms with van der Waals surface area (Å²) in [5.41, 5.74) is 3.05. The van der Waals surface area contributed by atoms with E-state index in [0.717, 1.165) is 57.4 Å². The first-order chi connectivity index (χ1) is 16.5. The van der Waals surface area contributed by atoms with Crippen molar-refractivity contribution >= 4 is 43.5 Å². The molecule has 0 unspecified atom stereocenters. The maximum absolute atomic E-state index is 13.7. The van der Waals surface area contributed by atoms with E-state index in [1.54, 1.807) is 13.0 Å². The number of amides is 2. The first-order valence-corrected chi connectivity index (χ1v) is 14.5. The number of benzene rings is 2. The topological polar surface area (TPSA) is 86.8 Å². The molecule has 9 heteroatoms. The second-order valence-corrected chi connectivity index (χ2v) is 12.2. The molecule has 1 atom stereocenters. The predicted molar refractivity (Wildman–Crippen MR) is 143 cm³/mol. The average Bonchev–Trinajstić information content (AvgIpc) is 3.28. The van der Waals surface area contributed by atoms with Gasteiger partial charge in [-0.25, -0.2) is 8.42 Å². The Kier molecular flexibility index (Phi) is 8.99. The number of anilines is 1. The Balaban J connectivity index is 1.90. The van der Waals surface area contributed by atoms with E-state index in [0.29, 0.717) is 5.69 Å². The van der Waals surface area contributed by atoms with Gasteiger partial charge in [0.25, 0.3) is 0 Å². The van der Waals surface area contributed by atoms with E-state index >= 15 is 0 Å². The second kappa shape index (κ2) is 11.6. The lowest BCUT2D eigenvalue weighted by molar-refractivity contribution is -0.139. The zero-order chi connectivity index (χ0) is 25.8. The monoisotopic (exact) mass is 563 g/mol. The number of hydrogen-bond acceptors (Lipinski definition) is 4. The highest BCUT2D eigenvalue weighted by Gasteiger charge is 2.31. The van der Waals surface area contributed by atoms with Crippen LogP contribution in [-0.4, -0.2) is 50.0 Å². The van der Waals surface area contributed by atoms with E-state index in [4.69, 9.17) is 0 Å². The Morgan fingerprint density at radius 2 is 1.80 bits per heavy atom. The van der Waals surface area contributed by atoms with Gasteiger partial charge in [-0.05, 0) is 62.9 Å². The molecule has 1 aliphatic carbocycles. The minimum absolute atomic E-state index is 0.121. The third-order valence-corrected chi connectivity index (χ3v) is 8.03. The van der Waals surface area contributed by atoms with Gasteiger partial charge in [0.15, 0.2) is 0 Å². The fraction of sp³-hybridized carbons (Fsp3) is 0.462. The van der Waals surface area contributed by atoms with Crippen molar-refractivity contribution in [1.82, 2.24) is 10.2 Å². The minimum atomic E-state index is -3.75. The highest BCUT2D eigenvalue weighted by Crippen LogP contribution is 2.25. The normalized spacial score (nSPS) is 15.0. The van der Waals surface area contributed by atoms with Crippen molar-refractivity contribution in [3.05, 3.63) is 63.6 Å². The molecule has 0 heterocycles. The summed E-state index contributed by atoms with van der Waals surface area (Å²) in [5, 5.41) is 3.07. The van der Waals surface area contributed by atoms with Crippen molar-refractivity contribution in [2.45, 2.75) is 65.1 Å². The van der Waals surface area contributed by atoms with Crippen LogP contribution in [0.4, 0.5) is 5.69 Å². The zero-order valence-electron chi connectivity index (χ0n) is 20.8. The summed E-state index contributed by atoms with van der Waals surface area (Å²) in [6.07, 6.45) is 5.13. The summed E-state index contributed by atoms with van der Waals surface area (Å²) >= 11 is 3.45. The average molecular weight is 565 g/mol. The lowest BCUT2D eigenvalue weighted by atomic mass is 10.1. The smallest absolute Gasteiger partial charge is 0.244 e. The van der Waals surface area contributed by atoms with Gasteiger partial charge in [0, 0.05) is 17.1 Å². The molecule has 0 aliphatic heterocycles. The Morgan fingerprint density at radius 3 is 2.40 bits per heavy atom. The number of sulfonamides is 1. The number of aryl methyl sites for hydroxylation is 2. The summed E-state index contributed by atoms with van der Waals surface area (Å²) in [6.45, 7) is 5.24. The van der Waals surface area contributed by atoms with Crippen LogP contribution in [0.3, 0.4) is 0 Å². The van der Waals surface area contributed by atoms with Crippen LogP contribution in [0.5, 0.6) is 0 Å². The highest BCUT2D eigenvalue weighted by molar-refractivity contribution is 9.10. The summed E-state index contributed by atoms with van der Waals surface area (Å²) < 4.78 is 27.5. The molecular weight excluding hydrogens is 530 g/mol. The largest absolute Gasteiger partial charge is 0.352 e. The van der Waals surface area contributed by atoms with Gasteiger partial charge in [0.2, 0.25) is 21.8 Å². The van der Waals surface area contributed by atoms with Gasteiger partial charge < -0.3 is 10.2 Å². The standard InChI is InChI=1S/C26H34BrN3O4S/c1-18-12-13-24(19(2)14-18)30(35(4,33)34)17-25(31)29(16-21-8-7-9-22(27)15-21)20(3)26(32)28-23-10-5-6-11-23/h7-9,12-15,20,23H,5-6,10-11,16-17H2,1-4H3,(H,28,32)/t20-/m0/s1. The van der Waals surface area contributed by atoms with Crippen molar-refractivity contribution < 1.29 is 18.0 Å². The van der Waals surface area contributed by atoms with Crippen LogP contribution in [0.1, 0.15) is 49.3 Å². The molecule has 1 aliphatic rings. The van der Waals surface area contributed by atoms with Crippen molar-refractivity contribution in [2.24, 2.45) is 0 Å². The molecule has 2 amide bonds. The molecule has 0 spiro atoms. The van der Waals surface area contributed by atoms with E-state index in [-0.39, 0.29) is 18.5 Å². The van der Waals surface area contributed by atoms with Gasteiger partial charge in [-0.15, -0.1) is 0 Å². The van der Waals surface area contributed by atoms with Crippen LogP contribution in [0.25, 0.3) is 0 Å². The van der Waals surface area contributed by atoms with Crippen molar-refractivity contribution in [1.29, 1.82) is 0 Å². The third kappa shape index (κ3) is 7.30. The van der Waals surface area contributed by atoms with Crippen molar-refractivity contribution in [3.63, 3.8) is 0 Å². The molecule has 7 nitrogen and oxygen atoms in total. The molecule has 1 N–H and O–H groups in total. The van der Waals surface area contributed by atoms with E-state index < -0.39 is 28.5 Å². The molecule has 190 valence electrons. The van der Waals surface area contributed by atoms with Gasteiger partial charge in [-0.2, -0.15) is 0 Å². The molecular formula is C26H34BrN3O4S. The van der Waals surface area contributed by atoms with Gasteiger partial charge in [-0.3, -0.25) is 13.9 Å². The Labute approximate surface area is 217 Å². The highest BCUT2D eigenvalue weighted by atomic mass is 79.9. The molecule has 0 saturated heterocycles. The maximum Gasteiger partial charge on any atom is 0.244 e. The molecule has 0 aromatic heterocycles. The molecule has 1 saturated carbocycles. The Hall–Kier alpha value is -2.39. The van der Waals surface area contributed by atoms with Gasteiger partial charge in [0.1, 0.15) is 12.6 Å². The van der Waals surface area contributed by atoms with Gasteiger partial charge in [0.05, 0.1) is 11.9 Å². The lowest BCUT2D eigenvalue weighted by Crippen LogP contribution is -2.52. The minimum Gasteiger partial charge on any atom is -0.352 e. The number of nitrogens with one attached hydrogen (secondary N) is 1. The molecule has 1 fully saturated rings. The summed E-state index contributed by atoms with van der Waals surface area (Å²) in [7, 11) is -3.75. The number of halogens is 1. The Morgan fingerprint density at radius 1 is 1.11 bits per heavy atom.